The van der Waals surface area contributed by atoms with Gasteiger partial charge < -0.3 is 0 Å². The zero-order valence-corrected chi connectivity index (χ0v) is 6.67. The summed E-state index contributed by atoms with van der Waals surface area (Å²) in [6.45, 7) is 4.29. The summed E-state index contributed by atoms with van der Waals surface area (Å²) in [4.78, 5) is 0. The average molecular weight is 134 g/mol. The average Bonchev–Trinajstić information content (AvgIpc) is 1.88. The van der Waals surface area contributed by atoms with Gasteiger partial charge in [-0.25, -0.2) is 0 Å². The van der Waals surface area contributed by atoms with Gasteiger partial charge in [0.1, 0.15) is 0 Å². The summed E-state index contributed by atoms with van der Waals surface area (Å²) in [6.07, 6.45) is 12.1. The highest BCUT2D eigenvalue weighted by molar-refractivity contribution is 5.33. The van der Waals surface area contributed by atoms with Gasteiger partial charge in [0.05, 0.1) is 0 Å². The van der Waals surface area contributed by atoms with E-state index < -0.39 is 0 Å². The molecule has 0 heterocycles. The molecule has 0 fully saturated rings. The van der Waals surface area contributed by atoms with Crippen molar-refractivity contribution in [3.8, 4) is 0 Å². The Balaban J connectivity index is 2.66. The first-order valence-electron chi connectivity index (χ1n) is 3.84. The van der Waals surface area contributed by atoms with Crippen LogP contribution in [0.25, 0.3) is 0 Å². The van der Waals surface area contributed by atoms with Gasteiger partial charge in [-0.3, -0.25) is 0 Å². The summed E-state index contributed by atoms with van der Waals surface area (Å²) in [7, 11) is 0. The lowest BCUT2D eigenvalue weighted by molar-refractivity contribution is 0.732. The Labute approximate surface area is 62.9 Å². The van der Waals surface area contributed by atoms with Gasteiger partial charge in [-0.1, -0.05) is 37.3 Å². The largest absolute Gasteiger partial charge is 0.0871 e. The zero-order chi connectivity index (χ0) is 7.40. The number of hydrogen-bond donors (Lipinski definition) is 0. The van der Waals surface area contributed by atoms with Crippen LogP contribution < -0.4 is 0 Å². The Kier molecular flexibility index (Phi) is 2.49. The van der Waals surface area contributed by atoms with Crippen molar-refractivity contribution in [2.24, 2.45) is 5.92 Å². The topological polar surface area (TPSA) is 0 Å². The zero-order valence-electron chi connectivity index (χ0n) is 6.67. The van der Waals surface area contributed by atoms with E-state index >= 15 is 0 Å². The fourth-order valence-corrected chi connectivity index (χ4v) is 1.17. The molecule has 1 atom stereocenters. The summed E-state index contributed by atoms with van der Waals surface area (Å²) >= 11 is 0. The lowest BCUT2D eigenvalue weighted by Crippen LogP contribution is -1.92. The van der Waals surface area contributed by atoms with Crippen LogP contribution in [0.1, 0.15) is 20.3 Å². The Hall–Kier alpha value is -0.780. The van der Waals surface area contributed by atoms with Crippen molar-refractivity contribution < 1.29 is 0 Å². The Morgan fingerprint density at radius 1 is 1.60 bits per heavy atom. The van der Waals surface area contributed by atoms with Crippen LogP contribution in [0.2, 0.25) is 0 Å². The fourth-order valence-electron chi connectivity index (χ4n) is 1.17. The first-order chi connectivity index (χ1) is 4.83. The highest BCUT2D eigenvalue weighted by Gasteiger charge is 1.99. The van der Waals surface area contributed by atoms with Crippen LogP contribution in [0.15, 0.2) is 36.0 Å². The van der Waals surface area contributed by atoms with Gasteiger partial charge in [0.2, 0.25) is 0 Å². The van der Waals surface area contributed by atoms with Crippen LogP contribution in [0.3, 0.4) is 0 Å². The molecule has 0 saturated carbocycles. The second-order valence-corrected chi connectivity index (χ2v) is 2.78. The third kappa shape index (κ3) is 1.87. The van der Waals surface area contributed by atoms with Crippen molar-refractivity contribution in [1.82, 2.24) is 0 Å². The number of rotatable bonds is 1. The molecule has 10 heavy (non-hydrogen) atoms. The molecule has 0 spiro atoms. The van der Waals surface area contributed by atoms with Gasteiger partial charge >= 0.3 is 0 Å². The van der Waals surface area contributed by atoms with Crippen molar-refractivity contribution >= 4 is 0 Å². The van der Waals surface area contributed by atoms with E-state index in [1.165, 1.54) is 12.0 Å². The molecule has 1 aliphatic rings. The molecule has 0 heteroatoms. The fraction of sp³-hybridized carbons (Fsp3) is 0.400. The molecule has 1 rings (SSSR count). The summed E-state index contributed by atoms with van der Waals surface area (Å²) in [5.74, 6) is 0.719. The molecular weight excluding hydrogens is 120 g/mol. The van der Waals surface area contributed by atoms with E-state index in [9.17, 15) is 0 Å². The molecule has 0 radical (unpaired) electrons. The number of hydrogen-bond acceptors (Lipinski definition) is 0. The maximum absolute atomic E-state index is 2.31. The predicted octanol–water partition coefficient (Wildman–Crippen LogP) is 3.08. The Morgan fingerprint density at radius 2 is 2.40 bits per heavy atom. The van der Waals surface area contributed by atoms with Crippen molar-refractivity contribution in [2.45, 2.75) is 20.3 Å². The minimum Gasteiger partial charge on any atom is -0.0871 e. The summed E-state index contributed by atoms with van der Waals surface area (Å²) in [5.41, 5.74) is 1.35. The molecule has 0 nitrogen and oxygen atoms in total. The molecule has 0 aromatic rings. The van der Waals surface area contributed by atoms with Crippen LogP contribution in [0.4, 0.5) is 0 Å². The molecular formula is C10H14. The van der Waals surface area contributed by atoms with Gasteiger partial charge in [0.15, 0.2) is 0 Å². The Bertz CT molecular complexity index is 178. The quantitative estimate of drug-likeness (QED) is 0.517. The normalized spacial score (nSPS) is 25.4. The first kappa shape index (κ1) is 7.33. The highest BCUT2D eigenvalue weighted by atomic mass is 14.0. The van der Waals surface area contributed by atoms with E-state index in [1.54, 1.807) is 0 Å². The summed E-state index contributed by atoms with van der Waals surface area (Å²) < 4.78 is 0. The molecule has 0 amide bonds. The lowest BCUT2D eigenvalue weighted by Gasteiger charge is -2.08. The summed E-state index contributed by atoms with van der Waals surface area (Å²) in [6, 6.07) is 0. The second-order valence-electron chi connectivity index (χ2n) is 2.78. The van der Waals surface area contributed by atoms with Crippen LogP contribution >= 0.6 is 0 Å². The molecule has 54 valence electrons. The van der Waals surface area contributed by atoms with Crippen molar-refractivity contribution in [1.29, 1.82) is 0 Å². The number of allylic oxidation sites excluding steroid dienone is 6. The standard InChI is InChI=1S/C10H14/c1-3-5-10-7-4-6-9(2)8-10/h3-5,7-9H,6H2,1-2H3. The van der Waals surface area contributed by atoms with Gasteiger partial charge in [0.25, 0.3) is 0 Å². The third-order valence-corrected chi connectivity index (χ3v) is 1.65. The molecule has 1 aliphatic carbocycles. The SMILES string of the molecule is CC=CC1=CC(C)CC=C1. The van der Waals surface area contributed by atoms with E-state index in [-0.39, 0.29) is 0 Å². The van der Waals surface area contributed by atoms with E-state index in [1.807, 2.05) is 6.92 Å². The highest BCUT2D eigenvalue weighted by Crippen LogP contribution is 2.16. The molecule has 0 N–H and O–H groups in total. The van der Waals surface area contributed by atoms with Crippen LogP contribution in [-0.4, -0.2) is 0 Å². The lowest BCUT2D eigenvalue weighted by atomic mass is 9.98. The smallest absolute Gasteiger partial charge is 0.0218 e. The molecule has 0 saturated heterocycles. The second kappa shape index (κ2) is 3.40. The third-order valence-electron chi connectivity index (χ3n) is 1.65. The molecule has 0 bridgehead atoms. The predicted molar refractivity (Wildman–Crippen MR) is 45.8 cm³/mol. The van der Waals surface area contributed by atoms with Crippen LogP contribution in [-0.2, 0) is 0 Å². The molecule has 1 unspecified atom stereocenters. The van der Waals surface area contributed by atoms with Crippen molar-refractivity contribution in [3.05, 3.63) is 36.0 Å². The van der Waals surface area contributed by atoms with Crippen LogP contribution in [0, 0.1) is 5.92 Å². The van der Waals surface area contributed by atoms with Gasteiger partial charge in [-0.2, -0.15) is 0 Å². The maximum Gasteiger partial charge on any atom is -0.0218 e. The summed E-state index contributed by atoms with van der Waals surface area (Å²) in [5, 5.41) is 0. The van der Waals surface area contributed by atoms with Gasteiger partial charge in [-0.05, 0) is 24.8 Å². The van der Waals surface area contributed by atoms with E-state index in [0.29, 0.717) is 0 Å². The first-order valence-corrected chi connectivity index (χ1v) is 3.84. The van der Waals surface area contributed by atoms with Crippen molar-refractivity contribution in [2.75, 3.05) is 0 Å². The van der Waals surface area contributed by atoms with Gasteiger partial charge in [-0.15, -0.1) is 0 Å². The minimum atomic E-state index is 0.719. The van der Waals surface area contributed by atoms with Gasteiger partial charge in [0, 0.05) is 0 Å². The molecule has 0 aliphatic heterocycles. The van der Waals surface area contributed by atoms with E-state index in [0.717, 1.165) is 5.92 Å². The monoisotopic (exact) mass is 134 g/mol. The molecule has 0 aromatic heterocycles. The van der Waals surface area contributed by atoms with Crippen LogP contribution in [0.5, 0.6) is 0 Å². The van der Waals surface area contributed by atoms with E-state index in [4.69, 9.17) is 0 Å². The maximum atomic E-state index is 2.31. The van der Waals surface area contributed by atoms with E-state index in [2.05, 4.69) is 37.3 Å². The Morgan fingerprint density at radius 3 is 3.00 bits per heavy atom. The minimum absolute atomic E-state index is 0.719. The molecule has 0 aromatic carbocycles. The van der Waals surface area contributed by atoms with Crippen molar-refractivity contribution in [3.63, 3.8) is 0 Å².